The fraction of sp³-hybridized carbons (Fsp3) is 0.481. The molecular formula is C27H37NO7Si. The Bertz CT molecular complexity index is 1060. The van der Waals surface area contributed by atoms with Gasteiger partial charge in [-0.15, -0.1) is 0 Å². The third kappa shape index (κ3) is 4.69. The summed E-state index contributed by atoms with van der Waals surface area (Å²) in [6.45, 7) is 6.65. The molecule has 196 valence electrons. The number of hydrogen-bond acceptors (Lipinski definition) is 7. The molecule has 0 aliphatic carbocycles. The Morgan fingerprint density at radius 3 is 2.08 bits per heavy atom. The number of esters is 1. The number of ether oxygens (including phenoxy) is 5. The van der Waals surface area contributed by atoms with Gasteiger partial charge in [-0.1, -0.05) is 67.7 Å². The summed E-state index contributed by atoms with van der Waals surface area (Å²) in [5, 5.41) is 1.22. The van der Waals surface area contributed by atoms with Crippen LogP contribution >= 0.6 is 0 Å². The highest BCUT2D eigenvalue weighted by Gasteiger charge is 2.60. The third-order valence-electron chi connectivity index (χ3n) is 7.54. The quantitative estimate of drug-likeness (QED) is 0.388. The van der Waals surface area contributed by atoms with Crippen LogP contribution in [-0.2, 0) is 19.0 Å². The molecule has 9 heteroatoms. The number of carbonyl (C=O) groups is 2. The summed E-state index contributed by atoms with van der Waals surface area (Å²) < 4.78 is 27.5. The lowest BCUT2D eigenvalue weighted by Gasteiger charge is -2.39. The summed E-state index contributed by atoms with van der Waals surface area (Å²) in [7, 11) is 4.95. The first kappa shape index (κ1) is 27.5. The van der Waals surface area contributed by atoms with E-state index in [9.17, 15) is 9.59 Å². The fourth-order valence-corrected chi connectivity index (χ4v) is 10.1. The molecule has 1 heterocycles. The van der Waals surface area contributed by atoms with Crippen molar-refractivity contribution in [1.82, 2.24) is 4.90 Å². The Balaban J connectivity index is 2.32. The van der Waals surface area contributed by atoms with Gasteiger partial charge in [0.1, 0.15) is 0 Å². The maximum atomic E-state index is 13.5. The standard InChI is InChI=1S/C27H37NO7Si/c1-17-21(19-15-12-16-20(31-2)23(19)32-3)28(27(30)35-6)22(24(33-4)26(29)34-5)25(17)36(7,8)18-13-10-9-11-14-18/h9-17,21-22,24-25H,1-8H3/t17-,21-,22-,24?,25+/m1/s1. The molecule has 0 aromatic heterocycles. The van der Waals surface area contributed by atoms with Gasteiger partial charge in [0.05, 0.1) is 48.6 Å². The zero-order valence-corrected chi connectivity index (χ0v) is 23.3. The van der Waals surface area contributed by atoms with E-state index in [0.29, 0.717) is 11.5 Å². The zero-order chi connectivity index (χ0) is 26.6. The number of carbonyl (C=O) groups excluding carboxylic acids is 2. The lowest BCUT2D eigenvalue weighted by atomic mass is 9.93. The van der Waals surface area contributed by atoms with Crippen LogP contribution in [0, 0.1) is 5.92 Å². The average Bonchev–Trinajstić information content (AvgIpc) is 3.21. The van der Waals surface area contributed by atoms with Gasteiger partial charge in [-0.2, -0.15) is 0 Å². The first-order valence-corrected chi connectivity index (χ1v) is 15.0. The smallest absolute Gasteiger partial charge is 0.410 e. The average molecular weight is 516 g/mol. The number of methoxy groups -OCH3 is 5. The number of hydrogen-bond donors (Lipinski definition) is 0. The molecule has 1 amide bonds. The molecule has 36 heavy (non-hydrogen) atoms. The minimum Gasteiger partial charge on any atom is -0.493 e. The summed E-state index contributed by atoms with van der Waals surface area (Å²) in [5.74, 6) is 0.475. The van der Waals surface area contributed by atoms with Crippen LogP contribution in [0.1, 0.15) is 18.5 Å². The van der Waals surface area contributed by atoms with Gasteiger partial charge in [0.25, 0.3) is 0 Å². The summed E-state index contributed by atoms with van der Waals surface area (Å²) in [6, 6.07) is 14.8. The summed E-state index contributed by atoms with van der Waals surface area (Å²) in [6.07, 6.45) is -1.55. The van der Waals surface area contributed by atoms with Crippen molar-refractivity contribution >= 4 is 25.3 Å². The lowest BCUT2D eigenvalue weighted by molar-refractivity contribution is -0.155. The highest BCUT2D eigenvalue weighted by Crippen LogP contribution is 2.55. The number of para-hydroxylation sites is 1. The molecule has 0 bridgehead atoms. The van der Waals surface area contributed by atoms with Crippen molar-refractivity contribution in [2.24, 2.45) is 5.92 Å². The number of amides is 1. The van der Waals surface area contributed by atoms with Crippen LogP contribution in [0.15, 0.2) is 48.5 Å². The number of benzene rings is 2. The van der Waals surface area contributed by atoms with E-state index in [1.165, 1.54) is 26.5 Å². The molecule has 8 nitrogen and oxygen atoms in total. The SMILES string of the molecule is COC(=O)C(OC)[C@@H]1[C@@H]([Si](C)(C)c2ccccc2)[C@H](C)[C@H](c2cccc(OC)c2OC)N1C(=O)OC. The summed E-state index contributed by atoms with van der Waals surface area (Å²) in [5.41, 5.74) is 0.684. The Morgan fingerprint density at radius 2 is 1.56 bits per heavy atom. The Hall–Kier alpha value is -3.04. The lowest BCUT2D eigenvalue weighted by Crippen LogP contribution is -2.57. The topological polar surface area (TPSA) is 83.5 Å². The monoisotopic (exact) mass is 515 g/mol. The van der Waals surface area contributed by atoms with Crippen LogP contribution < -0.4 is 14.7 Å². The minimum absolute atomic E-state index is 0.0840. The van der Waals surface area contributed by atoms with Gasteiger partial charge in [0.15, 0.2) is 17.6 Å². The van der Waals surface area contributed by atoms with Gasteiger partial charge in [-0.25, -0.2) is 9.59 Å². The van der Waals surface area contributed by atoms with Crippen LogP contribution in [-0.4, -0.2) is 72.7 Å². The highest BCUT2D eigenvalue weighted by atomic mass is 28.3. The number of nitrogens with zero attached hydrogens (tertiary/aromatic N) is 1. The molecule has 3 rings (SSSR count). The molecule has 1 saturated heterocycles. The Kier molecular flexibility index (Phi) is 8.68. The van der Waals surface area contributed by atoms with Crippen LogP contribution in [0.4, 0.5) is 4.79 Å². The van der Waals surface area contributed by atoms with Crippen LogP contribution in [0.25, 0.3) is 0 Å². The minimum atomic E-state index is -2.34. The fourth-order valence-electron chi connectivity index (χ4n) is 6.01. The van der Waals surface area contributed by atoms with Gasteiger partial charge in [-0.05, 0) is 17.5 Å². The molecule has 2 aromatic rings. The van der Waals surface area contributed by atoms with Crippen molar-refractivity contribution < 1.29 is 33.3 Å². The molecule has 1 unspecified atom stereocenters. The van der Waals surface area contributed by atoms with E-state index in [-0.39, 0.29) is 11.5 Å². The third-order valence-corrected chi connectivity index (χ3v) is 11.9. The van der Waals surface area contributed by atoms with Gasteiger partial charge < -0.3 is 23.7 Å². The molecule has 5 atom stereocenters. The Labute approximate surface area is 214 Å². The predicted molar refractivity (Wildman–Crippen MR) is 140 cm³/mol. The normalized spacial score (nSPS) is 22.6. The first-order valence-electron chi connectivity index (χ1n) is 11.9. The van der Waals surface area contributed by atoms with Gasteiger partial charge in [-0.3, -0.25) is 4.90 Å². The molecule has 0 N–H and O–H groups in total. The van der Waals surface area contributed by atoms with Crippen molar-refractivity contribution in [3.05, 3.63) is 54.1 Å². The van der Waals surface area contributed by atoms with Crippen molar-refractivity contribution in [1.29, 1.82) is 0 Å². The summed E-state index contributed by atoms with van der Waals surface area (Å²) >= 11 is 0. The van der Waals surface area contributed by atoms with Crippen LogP contribution in [0.3, 0.4) is 0 Å². The van der Waals surface area contributed by atoms with E-state index in [4.69, 9.17) is 23.7 Å². The zero-order valence-electron chi connectivity index (χ0n) is 22.3. The maximum Gasteiger partial charge on any atom is 0.410 e. The van der Waals surface area contributed by atoms with E-state index in [1.54, 1.807) is 19.1 Å². The molecule has 0 radical (unpaired) electrons. The summed E-state index contributed by atoms with van der Waals surface area (Å²) in [4.78, 5) is 28.1. The Morgan fingerprint density at radius 1 is 0.889 bits per heavy atom. The number of rotatable bonds is 8. The van der Waals surface area contributed by atoms with Gasteiger partial charge >= 0.3 is 12.1 Å². The van der Waals surface area contributed by atoms with Crippen LogP contribution in [0.5, 0.6) is 11.5 Å². The molecule has 1 aliphatic rings. The number of likely N-dealkylation sites (tertiary alicyclic amines) is 1. The molecule has 0 saturated carbocycles. The molecule has 2 aromatic carbocycles. The van der Waals surface area contributed by atoms with Crippen molar-refractivity contribution in [3.8, 4) is 11.5 Å². The van der Waals surface area contributed by atoms with Crippen molar-refractivity contribution in [2.45, 2.75) is 43.7 Å². The first-order chi connectivity index (χ1) is 17.2. The van der Waals surface area contributed by atoms with Gasteiger partial charge in [0.2, 0.25) is 0 Å². The van der Waals surface area contributed by atoms with E-state index in [0.717, 1.165) is 5.56 Å². The molecule has 0 spiro atoms. The highest BCUT2D eigenvalue weighted by molar-refractivity contribution is 6.91. The largest absolute Gasteiger partial charge is 0.493 e. The van der Waals surface area contributed by atoms with Crippen LogP contribution in [0.2, 0.25) is 18.6 Å². The second kappa shape index (κ2) is 11.3. The predicted octanol–water partition coefficient (Wildman–Crippen LogP) is 4.01. The van der Waals surface area contributed by atoms with E-state index >= 15 is 0 Å². The van der Waals surface area contributed by atoms with E-state index < -0.39 is 38.3 Å². The van der Waals surface area contributed by atoms with E-state index in [2.05, 4.69) is 32.2 Å². The van der Waals surface area contributed by atoms with E-state index in [1.807, 2.05) is 36.4 Å². The maximum absolute atomic E-state index is 13.5. The molecular weight excluding hydrogens is 478 g/mol. The second-order valence-electron chi connectivity index (χ2n) is 9.55. The molecule has 1 fully saturated rings. The van der Waals surface area contributed by atoms with Gasteiger partial charge in [0, 0.05) is 12.7 Å². The van der Waals surface area contributed by atoms with Crippen molar-refractivity contribution in [3.63, 3.8) is 0 Å². The second-order valence-corrected chi connectivity index (χ2v) is 14.2. The molecule has 1 aliphatic heterocycles. The van der Waals surface area contributed by atoms with Crippen molar-refractivity contribution in [2.75, 3.05) is 35.5 Å².